The van der Waals surface area contributed by atoms with E-state index in [4.69, 9.17) is 5.73 Å². The van der Waals surface area contributed by atoms with Crippen LogP contribution in [0.4, 0.5) is 5.69 Å². The lowest BCUT2D eigenvalue weighted by molar-refractivity contribution is 0.0709. The van der Waals surface area contributed by atoms with Crippen molar-refractivity contribution in [2.45, 2.75) is 26.7 Å². The molecular formula is C14H21N3O. The Morgan fingerprint density at radius 3 is 2.94 bits per heavy atom. The number of piperidine rings is 1. The summed E-state index contributed by atoms with van der Waals surface area (Å²) in [6.45, 7) is 5.98. The Kier molecular flexibility index (Phi) is 3.66. The van der Waals surface area contributed by atoms with Gasteiger partial charge >= 0.3 is 0 Å². The van der Waals surface area contributed by atoms with Gasteiger partial charge in [0.1, 0.15) is 0 Å². The summed E-state index contributed by atoms with van der Waals surface area (Å²) < 4.78 is 0. The summed E-state index contributed by atoms with van der Waals surface area (Å²) in [6, 6.07) is 1.68. The molecule has 1 fully saturated rings. The molecule has 4 heteroatoms. The number of nitrogens with two attached hydrogens (primary N) is 1. The van der Waals surface area contributed by atoms with Crippen molar-refractivity contribution in [1.82, 2.24) is 10.3 Å². The predicted octanol–water partition coefficient (Wildman–Crippen LogP) is 1.87. The Morgan fingerprint density at radius 1 is 1.56 bits per heavy atom. The molecule has 0 saturated carbocycles. The number of pyridine rings is 1. The summed E-state index contributed by atoms with van der Waals surface area (Å²) in [7, 11) is 0. The molecule has 4 nitrogen and oxygen atoms in total. The summed E-state index contributed by atoms with van der Waals surface area (Å²) in [5.41, 5.74) is 6.54. The predicted molar refractivity (Wildman–Crippen MR) is 72.4 cm³/mol. The lowest BCUT2D eigenvalue weighted by atomic mass is 9.70. The minimum Gasteiger partial charge on any atom is -0.398 e. The number of hydrogen-bond acceptors (Lipinski definition) is 4. The van der Waals surface area contributed by atoms with E-state index < -0.39 is 5.41 Å². The first kappa shape index (κ1) is 13.0. The zero-order valence-electron chi connectivity index (χ0n) is 11.1. The molecule has 0 spiro atoms. The molecule has 1 aliphatic rings. The SMILES string of the molecule is CC(C)(C(=O)c1cnccc1N)C1CCCNC1. The molecule has 0 aromatic carbocycles. The fourth-order valence-electron chi connectivity index (χ4n) is 2.60. The summed E-state index contributed by atoms with van der Waals surface area (Å²) >= 11 is 0. The highest BCUT2D eigenvalue weighted by Gasteiger charge is 2.38. The molecule has 2 rings (SSSR count). The van der Waals surface area contributed by atoms with Crippen LogP contribution >= 0.6 is 0 Å². The van der Waals surface area contributed by atoms with Gasteiger partial charge in [0.15, 0.2) is 5.78 Å². The van der Waals surface area contributed by atoms with Crippen molar-refractivity contribution in [2.75, 3.05) is 18.8 Å². The van der Waals surface area contributed by atoms with Gasteiger partial charge in [-0.25, -0.2) is 0 Å². The van der Waals surface area contributed by atoms with Crippen LogP contribution in [0.2, 0.25) is 0 Å². The second-order valence-electron chi connectivity index (χ2n) is 5.56. The van der Waals surface area contributed by atoms with Crippen LogP contribution in [0.5, 0.6) is 0 Å². The quantitative estimate of drug-likeness (QED) is 0.800. The second-order valence-corrected chi connectivity index (χ2v) is 5.56. The van der Waals surface area contributed by atoms with Crippen molar-refractivity contribution in [1.29, 1.82) is 0 Å². The van der Waals surface area contributed by atoms with Crippen LogP contribution in [0.15, 0.2) is 18.5 Å². The van der Waals surface area contributed by atoms with Crippen LogP contribution in [0, 0.1) is 11.3 Å². The Balaban J connectivity index is 2.24. The maximum absolute atomic E-state index is 12.6. The molecule has 0 radical (unpaired) electrons. The van der Waals surface area contributed by atoms with Crippen molar-refractivity contribution in [3.05, 3.63) is 24.0 Å². The van der Waals surface area contributed by atoms with Gasteiger partial charge in [0.05, 0.1) is 5.56 Å². The largest absolute Gasteiger partial charge is 0.398 e. The zero-order valence-corrected chi connectivity index (χ0v) is 11.1. The highest BCUT2D eigenvalue weighted by Crippen LogP contribution is 2.35. The van der Waals surface area contributed by atoms with E-state index >= 15 is 0 Å². The molecule has 1 aromatic heterocycles. The first-order valence-electron chi connectivity index (χ1n) is 6.48. The Hall–Kier alpha value is -1.42. The Bertz CT molecular complexity index is 436. The molecule has 1 unspecified atom stereocenters. The third kappa shape index (κ3) is 2.38. The van der Waals surface area contributed by atoms with Gasteiger partial charge in [0.25, 0.3) is 0 Å². The number of rotatable bonds is 3. The highest BCUT2D eigenvalue weighted by atomic mass is 16.1. The third-order valence-electron chi connectivity index (χ3n) is 4.00. The number of carbonyl (C=O) groups excluding carboxylic acids is 1. The fourth-order valence-corrected chi connectivity index (χ4v) is 2.60. The standard InChI is InChI=1S/C14H21N3O/c1-14(2,10-4-3-6-16-8-10)13(18)11-9-17-7-5-12(11)15/h5,7,9-10,16H,3-4,6,8H2,1-2H3,(H2,15,17). The molecule has 1 aliphatic heterocycles. The molecule has 0 amide bonds. The fraction of sp³-hybridized carbons (Fsp3) is 0.571. The topological polar surface area (TPSA) is 68.0 Å². The van der Waals surface area contributed by atoms with E-state index in [-0.39, 0.29) is 5.78 Å². The lowest BCUT2D eigenvalue weighted by Gasteiger charge is -2.36. The molecular weight excluding hydrogens is 226 g/mol. The molecule has 1 aromatic rings. The van der Waals surface area contributed by atoms with Gasteiger partial charge in [-0.05, 0) is 37.9 Å². The Labute approximate surface area is 108 Å². The molecule has 0 aliphatic carbocycles. The number of Topliss-reactive ketones (excluding diaryl/α,β-unsaturated/α-hetero) is 1. The van der Waals surface area contributed by atoms with Crippen LogP contribution in [-0.2, 0) is 0 Å². The molecule has 1 atom stereocenters. The molecule has 0 bridgehead atoms. The van der Waals surface area contributed by atoms with Gasteiger partial charge < -0.3 is 11.1 Å². The van der Waals surface area contributed by atoms with Gasteiger partial charge in [-0.1, -0.05) is 13.8 Å². The van der Waals surface area contributed by atoms with E-state index in [0.717, 1.165) is 25.9 Å². The van der Waals surface area contributed by atoms with E-state index in [1.54, 1.807) is 18.5 Å². The van der Waals surface area contributed by atoms with Crippen LogP contribution < -0.4 is 11.1 Å². The van der Waals surface area contributed by atoms with Crippen molar-refractivity contribution in [2.24, 2.45) is 11.3 Å². The minimum absolute atomic E-state index is 0.0989. The Morgan fingerprint density at radius 2 is 2.33 bits per heavy atom. The minimum atomic E-state index is -0.398. The maximum atomic E-state index is 12.6. The van der Waals surface area contributed by atoms with Gasteiger partial charge in [-0.3, -0.25) is 9.78 Å². The van der Waals surface area contributed by atoms with E-state index in [0.29, 0.717) is 17.2 Å². The first-order valence-corrected chi connectivity index (χ1v) is 6.48. The average molecular weight is 247 g/mol. The van der Waals surface area contributed by atoms with Crippen LogP contribution in [-0.4, -0.2) is 23.9 Å². The number of ketones is 1. The van der Waals surface area contributed by atoms with E-state index in [2.05, 4.69) is 10.3 Å². The molecule has 2 heterocycles. The number of nitrogen functional groups attached to an aromatic ring is 1. The third-order valence-corrected chi connectivity index (χ3v) is 4.00. The number of anilines is 1. The van der Waals surface area contributed by atoms with Gasteiger partial charge in [0.2, 0.25) is 0 Å². The summed E-state index contributed by atoms with van der Waals surface area (Å²) in [4.78, 5) is 16.6. The van der Waals surface area contributed by atoms with Crippen molar-refractivity contribution in [3.63, 3.8) is 0 Å². The van der Waals surface area contributed by atoms with Gasteiger partial charge in [-0.15, -0.1) is 0 Å². The van der Waals surface area contributed by atoms with Gasteiger partial charge in [-0.2, -0.15) is 0 Å². The smallest absolute Gasteiger partial charge is 0.172 e. The van der Waals surface area contributed by atoms with E-state index in [9.17, 15) is 4.79 Å². The van der Waals surface area contributed by atoms with Crippen LogP contribution in [0.3, 0.4) is 0 Å². The second kappa shape index (κ2) is 5.06. The number of carbonyl (C=O) groups is 1. The van der Waals surface area contributed by atoms with E-state index in [1.807, 2.05) is 13.8 Å². The molecule has 98 valence electrons. The number of aromatic nitrogens is 1. The van der Waals surface area contributed by atoms with E-state index in [1.165, 1.54) is 0 Å². The van der Waals surface area contributed by atoms with Gasteiger partial charge in [0, 0.05) is 23.5 Å². The number of nitrogens with zero attached hydrogens (tertiary/aromatic N) is 1. The lowest BCUT2D eigenvalue weighted by Crippen LogP contribution is -2.42. The summed E-state index contributed by atoms with van der Waals surface area (Å²) in [5.74, 6) is 0.458. The molecule has 3 N–H and O–H groups in total. The molecule has 1 saturated heterocycles. The van der Waals surface area contributed by atoms with Crippen molar-refractivity contribution in [3.8, 4) is 0 Å². The zero-order chi connectivity index (χ0) is 13.2. The highest BCUT2D eigenvalue weighted by molar-refractivity contribution is 6.04. The average Bonchev–Trinajstić information content (AvgIpc) is 2.39. The maximum Gasteiger partial charge on any atom is 0.172 e. The molecule has 18 heavy (non-hydrogen) atoms. The summed E-state index contributed by atoms with van der Waals surface area (Å²) in [5, 5.41) is 3.36. The monoisotopic (exact) mass is 247 g/mol. The van der Waals surface area contributed by atoms with Crippen LogP contribution in [0.25, 0.3) is 0 Å². The number of nitrogens with one attached hydrogen (secondary N) is 1. The first-order chi connectivity index (χ1) is 8.53. The van der Waals surface area contributed by atoms with Crippen molar-refractivity contribution >= 4 is 11.5 Å². The van der Waals surface area contributed by atoms with Crippen molar-refractivity contribution < 1.29 is 4.79 Å². The summed E-state index contributed by atoms with van der Waals surface area (Å²) in [6.07, 6.45) is 5.41. The van der Waals surface area contributed by atoms with Crippen LogP contribution in [0.1, 0.15) is 37.0 Å². The normalized spacial score (nSPS) is 20.7. The number of hydrogen-bond donors (Lipinski definition) is 2.